The van der Waals surface area contributed by atoms with Gasteiger partial charge in [-0.3, -0.25) is 0 Å². The van der Waals surface area contributed by atoms with Gasteiger partial charge in [0.2, 0.25) is 0 Å². The van der Waals surface area contributed by atoms with Crippen LogP contribution in [0.4, 0.5) is 0 Å². The fourth-order valence-electron chi connectivity index (χ4n) is 5.95. The summed E-state index contributed by atoms with van der Waals surface area (Å²) in [6.07, 6.45) is 0. The molecule has 7 rings (SSSR count). The summed E-state index contributed by atoms with van der Waals surface area (Å²) in [5, 5.41) is 8.37. The van der Waals surface area contributed by atoms with E-state index < -0.39 is 8.07 Å². The van der Waals surface area contributed by atoms with Gasteiger partial charge in [0.1, 0.15) is 8.07 Å². The molecule has 5 aromatic carbocycles. The van der Waals surface area contributed by atoms with Crippen molar-refractivity contribution in [1.82, 2.24) is 4.57 Å². The number of nitrogens with zero attached hydrogens (tertiary/aromatic N) is 1. The van der Waals surface area contributed by atoms with E-state index in [4.69, 9.17) is 0 Å². The fourth-order valence-corrected chi connectivity index (χ4v) is 9.05. The Labute approximate surface area is 194 Å². The zero-order chi connectivity index (χ0) is 22.3. The molecule has 0 saturated heterocycles. The molecule has 1 aliphatic heterocycles. The first-order valence-electron chi connectivity index (χ1n) is 11.7. The second-order valence-electron chi connectivity index (χ2n) is 9.94. The summed E-state index contributed by atoms with van der Waals surface area (Å²) in [5.74, 6) is 0. The number of fused-ring (bicyclic) bond motifs is 7. The van der Waals surface area contributed by atoms with Gasteiger partial charge in [-0.25, -0.2) is 0 Å². The molecule has 1 aromatic heterocycles. The lowest BCUT2D eigenvalue weighted by molar-refractivity contribution is 1.02. The molecule has 0 radical (unpaired) electrons. The van der Waals surface area contributed by atoms with Gasteiger partial charge in [0.25, 0.3) is 0 Å². The van der Waals surface area contributed by atoms with Crippen molar-refractivity contribution in [3.05, 3.63) is 97.1 Å². The van der Waals surface area contributed by atoms with Crippen LogP contribution in [0.2, 0.25) is 13.1 Å². The van der Waals surface area contributed by atoms with E-state index in [0.717, 1.165) is 0 Å². The maximum Gasteiger partial charge on any atom is 0.113 e. The lowest BCUT2D eigenvalue weighted by Crippen LogP contribution is -2.49. The first-order chi connectivity index (χ1) is 16.0. The summed E-state index contributed by atoms with van der Waals surface area (Å²) in [4.78, 5) is 0. The molecule has 2 heteroatoms. The molecule has 158 valence electrons. The van der Waals surface area contributed by atoms with Crippen LogP contribution in [0.3, 0.4) is 0 Å². The Morgan fingerprint density at radius 1 is 0.545 bits per heavy atom. The Morgan fingerprint density at radius 3 is 2.03 bits per heavy atom. The Morgan fingerprint density at radius 2 is 1.18 bits per heavy atom. The standard InChI is InChI=1S/C31H25NSi/c1-32-28-18-22(12-14-24(28)27-16-20-8-4-5-9-21(20)17-29(27)32)23-13-15-26-25-10-6-7-11-30(25)33(2,3)31(26)19-23/h4-19H,1-3H3. The van der Waals surface area contributed by atoms with Crippen molar-refractivity contribution in [2.75, 3.05) is 0 Å². The van der Waals surface area contributed by atoms with Crippen molar-refractivity contribution >= 4 is 51.0 Å². The van der Waals surface area contributed by atoms with Crippen molar-refractivity contribution in [2.24, 2.45) is 7.05 Å². The molecule has 0 atom stereocenters. The molecule has 0 bridgehead atoms. The molecular formula is C31H25NSi. The predicted octanol–water partition coefficient (Wildman–Crippen LogP) is 6.95. The van der Waals surface area contributed by atoms with Gasteiger partial charge in [0.15, 0.2) is 0 Å². The number of rotatable bonds is 1. The monoisotopic (exact) mass is 439 g/mol. The van der Waals surface area contributed by atoms with Gasteiger partial charge >= 0.3 is 0 Å². The first kappa shape index (κ1) is 18.9. The van der Waals surface area contributed by atoms with Crippen molar-refractivity contribution in [3.63, 3.8) is 0 Å². The smallest absolute Gasteiger partial charge is 0.113 e. The molecule has 0 amide bonds. The minimum Gasteiger partial charge on any atom is -0.344 e. The number of hydrogen-bond donors (Lipinski definition) is 0. The molecule has 2 heterocycles. The summed E-state index contributed by atoms with van der Waals surface area (Å²) in [6.45, 7) is 4.97. The van der Waals surface area contributed by atoms with E-state index in [0.29, 0.717) is 0 Å². The van der Waals surface area contributed by atoms with Crippen molar-refractivity contribution < 1.29 is 0 Å². The van der Waals surface area contributed by atoms with Gasteiger partial charge < -0.3 is 4.57 Å². The van der Waals surface area contributed by atoms with Crippen LogP contribution in [-0.2, 0) is 7.05 Å². The van der Waals surface area contributed by atoms with E-state index in [1.165, 1.54) is 54.8 Å². The molecule has 33 heavy (non-hydrogen) atoms. The van der Waals surface area contributed by atoms with E-state index in [-0.39, 0.29) is 0 Å². The normalized spacial score (nSPS) is 14.2. The highest BCUT2D eigenvalue weighted by atomic mass is 28.3. The van der Waals surface area contributed by atoms with Gasteiger partial charge in [0.05, 0.1) is 0 Å². The Balaban J connectivity index is 1.43. The molecule has 0 saturated carbocycles. The van der Waals surface area contributed by atoms with E-state index in [1.807, 2.05) is 0 Å². The highest BCUT2D eigenvalue weighted by Crippen LogP contribution is 2.35. The van der Waals surface area contributed by atoms with Crippen LogP contribution < -0.4 is 10.4 Å². The van der Waals surface area contributed by atoms with Gasteiger partial charge in [0, 0.05) is 28.9 Å². The molecule has 6 aromatic rings. The third-order valence-electron chi connectivity index (χ3n) is 7.79. The third kappa shape index (κ3) is 2.53. The van der Waals surface area contributed by atoms with Gasteiger partial charge in [-0.05, 0) is 61.6 Å². The van der Waals surface area contributed by atoms with Gasteiger partial charge in [-0.2, -0.15) is 0 Å². The highest BCUT2D eigenvalue weighted by molar-refractivity contribution is 7.03. The van der Waals surface area contributed by atoms with Crippen molar-refractivity contribution in [3.8, 4) is 22.3 Å². The summed E-state index contributed by atoms with van der Waals surface area (Å²) in [5.41, 5.74) is 8.06. The van der Waals surface area contributed by atoms with Crippen molar-refractivity contribution in [2.45, 2.75) is 13.1 Å². The maximum absolute atomic E-state index is 2.49. The molecule has 1 nitrogen and oxygen atoms in total. The Kier molecular flexibility index (Phi) is 3.70. The maximum atomic E-state index is 2.49. The van der Waals surface area contributed by atoms with Gasteiger partial charge in [-0.15, -0.1) is 0 Å². The quantitative estimate of drug-likeness (QED) is 0.244. The summed E-state index contributed by atoms with van der Waals surface area (Å²) < 4.78 is 2.35. The van der Waals surface area contributed by atoms with Crippen LogP contribution in [0.15, 0.2) is 97.1 Å². The predicted molar refractivity (Wildman–Crippen MR) is 146 cm³/mol. The molecular weight excluding hydrogens is 414 g/mol. The fraction of sp³-hybridized carbons (Fsp3) is 0.0968. The van der Waals surface area contributed by atoms with Crippen LogP contribution in [0, 0.1) is 0 Å². The van der Waals surface area contributed by atoms with E-state index in [2.05, 4.69) is 122 Å². The molecule has 0 spiro atoms. The van der Waals surface area contributed by atoms with E-state index >= 15 is 0 Å². The lowest BCUT2D eigenvalue weighted by atomic mass is 9.99. The molecule has 0 N–H and O–H groups in total. The number of benzene rings is 5. The third-order valence-corrected chi connectivity index (χ3v) is 11.3. The molecule has 0 aliphatic carbocycles. The summed E-state index contributed by atoms with van der Waals surface area (Å²) in [6, 6.07) is 36.4. The van der Waals surface area contributed by atoms with Gasteiger partial charge in [-0.1, -0.05) is 92.0 Å². The van der Waals surface area contributed by atoms with Crippen LogP contribution >= 0.6 is 0 Å². The number of hydrogen-bond acceptors (Lipinski definition) is 0. The minimum atomic E-state index is -1.67. The molecule has 0 unspecified atom stereocenters. The van der Waals surface area contributed by atoms with Crippen LogP contribution in [0.5, 0.6) is 0 Å². The minimum absolute atomic E-state index is 1.29. The zero-order valence-corrected chi connectivity index (χ0v) is 20.2. The zero-order valence-electron chi connectivity index (χ0n) is 19.2. The van der Waals surface area contributed by atoms with Crippen LogP contribution in [0.1, 0.15) is 0 Å². The van der Waals surface area contributed by atoms with E-state index in [1.54, 1.807) is 10.4 Å². The molecule has 1 aliphatic rings. The van der Waals surface area contributed by atoms with Crippen LogP contribution in [0.25, 0.3) is 54.8 Å². The van der Waals surface area contributed by atoms with E-state index in [9.17, 15) is 0 Å². The largest absolute Gasteiger partial charge is 0.344 e. The highest BCUT2D eigenvalue weighted by Gasteiger charge is 2.37. The second-order valence-corrected chi connectivity index (χ2v) is 14.3. The number of aromatic nitrogens is 1. The van der Waals surface area contributed by atoms with Crippen LogP contribution in [-0.4, -0.2) is 12.6 Å². The topological polar surface area (TPSA) is 4.93 Å². The van der Waals surface area contributed by atoms with Crippen molar-refractivity contribution in [1.29, 1.82) is 0 Å². The molecule has 0 fully saturated rings. The Bertz CT molecular complexity index is 1750. The number of aryl methyl sites for hydroxylation is 1. The SMILES string of the molecule is Cn1c2cc(-c3ccc4c(c3)[Si](C)(C)c3ccccc3-4)ccc2c2cc3ccccc3cc21. The summed E-state index contributed by atoms with van der Waals surface area (Å²) >= 11 is 0. The summed E-state index contributed by atoms with van der Waals surface area (Å²) in [7, 11) is 0.523. The Hall–Kier alpha value is -3.62. The average Bonchev–Trinajstić information content (AvgIpc) is 3.25. The first-order valence-corrected chi connectivity index (χ1v) is 14.7. The average molecular weight is 440 g/mol. The second kappa shape index (κ2) is 6.46. The lowest BCUT2D eigenvalue weighted by Gasteiger charge is -2.19.